The third-order valence-corrected chi connectivity index (χ3v) is 2.01. The molecule has 0 saturated heterocycles. The minimum atomic E-state index is -1.25. The Morgan fingerprint density at radius 2 is 1.82 bits per heavy atom. The molecule has 0 saturated carbocycles. The number of nitrogens with one attached hydrogen (secondary N) is 3. The number of hydrogen-bond acceptors (Lipinski definition) is 4. The molecule has 0 fully saturated rings. The fourth-order valence-corrected chi connectivity index (χ4v) is 1.07. The second-order valence-corrected chi connectivity index (χ2v) is 3.36. The highest BCUT2D eigenvalue weighted by Gasteiger charge is 2.21. The summed E-state index contributed by atoms with van der Waals surface area (Å²) in [6.07, 6.45) is -0.100. The van der Waals surface area contributed by atoms with Gasteiger partial charge in [0.25, 0.3) is 0 Å². The fourth-order valence-electron chi connectivity index (χ4n) is 1.07. The van der Waals surface area contributed by atoms with Crippen LogP contribution < -0.4 is 16.0 Å². The minimum absolute atomic E-state index is 0.100. The van der Waals surface area contributed by atoms with Crippen LogP contribution in [0.2, 0.25) is 0 Å². The molecule has 17 heavy (non-hydrogen) atoms. The van der Waals surface area contributed by atoms with Crippen molar-refractivity contribution in [2.75, 3.05) is 13.7 Å². The van der Waals surface area contributed by atoms with E-state index in [0.717, 1.165) is 0 Å². The van der Waals surface area contributed by atoms with Gasteiger partial charge < -0.3 is 26.2 Å². The summed E-state index contributed by atoms with van der Waals surface area (Å²) < 4.78 is 0. The summed E-state index contributed by atoms with van der Waals surface area (Å²) >= 11 is 0. The van der Waals surface area contributed by atoms with E-state index in [2.05, 4.69) is 16.0 Å². The van der Waals surface area contributed by atoms with E-state index < -0.39 is 30.0 Å². The summed E-state index contributed by atoms with van der Waals surface area (Å²) in [5, 5.41) is 24.1. The highest BCUT2D eigenvalue weighted by atomic mass is 16.4. The van der Waals surface area contributed by atoms with Gasteiger partial charge in [0.15, 0.2) is 0 Å². The van der Waals surface area contributed by atoms with Gasteiger partial charge in [0, 0.05) is 20.1 Å². The van der Waals surface area contributed by atoms with Crippen molar-refractivity contribution < 1.29 is 24.6 Å². The van der Waals surface area contributed by atoms with Gasteiger partial charge in [-0.15, -0.1) is 0 Å². The summed E-state index contributed by atoms with van der Waals surface area (Å²) in [4.78, 5) is 33.1. The lowest BCUT2D eigenvalue weighted by molar-refractivity contribution is -0.139. The van der Waals surface area contributed by atoms with E-state index in [4.69, 9.17) is 10.2 Å². The van der Waals surface area contributed by atoms with Gasteiger partial charge in [0.2, 0.25) is 5.91 Å². The van der Waals surface area contributed by atoms with Crippen LogP contribution in [0.1, 0.15) is 13.3 Å². The average molecular weight is 247 g/mol. The number of hydrogen-bond donors (Lipinski definition) is 5. The van der Waals surface area contributed by atoms with E-state index in [-0.39, 0.29) is 13.0 Å². The number of carboxylic acid groups (broad SMARTS) is 1. The van der Waals surface area contributed by atoms with E-state index in [0.29, 0.717) is 0 Å². The molecule has 98 valence electrons. The van der Waals surface area contributed by atoms with Crippen molar-refractivity contribution in [3.63, 3.8) is 0 Å². The first-order valence-electron chi connectivity index (χ1n) is 5.04. The number of amides is 3. The van der Waals surface area contributed by atoms with E-state index in [1.807, 2.05) is 0 Å². The van der Waals surface area contributed by atoms with Gasteiger partial charge in [-0.2, -0.15) is 0 Å². The molecule has 0 aliphatic heterocycles. The van der Waals surface area contributed by atoms with Crippen molar-refractivity contribution in [2.24, 2.45) is 0 Å². The van der Waals surface area contributed by atoms with Crippen LogP contribution in [0.4, 0.5) is 4.79 Å². The molecular formula is C9H17N3O5. The van der Waals surface area contributed by atoms with E-state index in [1.165, 1.54) is 14.0 Å². The van der Waals surface area contributed by atoms with Gasteiger partial charge in [-0.3, -0.25) is 4.79 Å². The molecule has 2 atom stereocenters. The lowest BCUT2D eigenvalue weighted by Crippen LogP contribution is -2.52. The molecule has 0 heterocycles. The molecule has 8 nitrogen and oxygen atoms in total. The maximum atomic E-state index is 11.3. The first-order valence-corrected chi connectivity index (χ1v) is 5.04. The van der Waals surface area contributed by atoms with Crippen molar-refractivity contribution in [2.45, 2.75) is 25.4 Å². The molecule has 0 radical (unpaired) electrons. The van der Waals surface area contributed by atoms with Crippen molar-refractivity contribution in [3.05, 3.63) is 0 Å². The highest BCUT2D eigenvalue weighted by Crippen LogP contribution is 1.91. The Kier molecular flexibility index (Phi) is 6.64. The topological polar surface area (TPSA) is 128 Å². The van der Waals surface area contributed by atoms with Crippen LogP contribution in [0.5, 0.6) is 0 Å². The predicted molar refractivity (Wildman–Crippen MR) is 58.3 cm³/mol. The van der Waals surface area contributed by atoms with Crippen LogP contribution in [-0.4, -0.2) is 53.9 Å². The van der Waals surface area contributed by atoms with Crippen molar-refractivity contribution in [3.8, 4) is 0 Å². The first kappa shape index (κ1) is 15.2. The van der Waals surface area contributed by atoms with E-state index in [1.54, 1.807) is 0 Å². The summed E-state index contributed by atoms with van der Waals surface area (Å²) in [6, 6.07) is -2.73. The maximum Gasteiger partial charge on any atom is 0.326 e. The van der Waals surface area contributed by atoms with Crippen LogP contribution >= 0.6 is 0 Å². The quantitative estimate of drug-likeness (QED) is 0.380. The largest absolute Gasteiger partial charge is 0.480 e. The van der Waals surface area contributed by atoms with Crippen LogP contribution in [0.15, 0.2) is 0 Å². The van der Waals surface area contributed by atoms with Crippen LogP contribution in [0.25, 0.3) is 0 Å². The third kappa shape index (κ3) is 5.71. The van der Waals surface area contributed by atoms with Crippen molar-refractivity contribution in [1.29, 1.82) is 0 Å². The Bertz CT molecular complexity index is 294. The summed E-state index contributed by atoms with van der Waals surface area (Å²) in [5.74, 6) is -1.64. The average Bonchev–Trinajstić information content (AvgIpc) is 2.26. The fraction of sp³-hybridized carbons (Fsp3) is 0.667. The Balaban J connectivity index is 4.23. The molecule has 1 unspecified atom stereocenters. The Morgan fingerprint density at radius 1 is 1.24 bits per heavy atom. The van der Waals surface area contributed by atoms with Crippen molar-refractivity contribution >= 4 is 17.9 Å². The number of carbonyl (C=O) groups is 3. The van der Waals surface area contributed by atoms with E-state index in [9.17, 15) is 14.4 Å². The maximum absolute atomic E-state index is 11.3. The summed E-state index contributed by atoms with van der Waals surface area (Å²) in [7, 11) is 1.42. The molecule has 5 N–H and O–H groups in total. The first-order chi connectivity index (χ1) is 7.92. The summed E-state index contributed by atoms with van der Waals surface area (Å²) in [6.45, 7) is 1.10. The molecule has 8 heteroatoms. The number of likely N-dealkylation sites (N-methyl/N-ethyl adjacent to an activating group) is 1. The smallest absolute Gasteiger partial charge is 0.326 e. The van der Waals surface area contributed by atoms with Gasteiger partial charge >= 0.3 is 12.0 Å². The number of aliphatic hydroxyl groups is 1. The number of aliphatic carboxylic acids is 1. The molecule has 0 aromatic heterocycles. The van der Waals surface area contributed by atoms with Gasteiger partial charge in [0.05, 0.1) is 0 Å². The van der Waals surface area contributed by atoms with Crippen molar-refractivity contribution in [1.82, 2.24) is 16.0 Å². The highest BCUT2D eigenvalue weighted by molar-refractivity contribution is 5.88. The number of rotatable bonds is 6. The predicted octanol–water partition coefficient (Wildman–Crippen LogP) is -1.74. The number of aliphatic hydroxyl groups excluding tert-OH is 1. The van der Waals surface area contributed by atoms with Gasteiger partial charge in [-0.05, 0) is 6.92 Å². The van der Waals surface area contributed by atoms with Crippen LogP contribution in [0, 0.1) is 0 Å². The zero-order valence-electron chi connectivity index (χ0n) is 9.69. The molecule has 0 bridgehead atoms. The lowest BCUT2D eigenvalue weighted by Gasteiger charge is -2.16. The van der Waals surface area contributed by atoms with Gasteiger partial charge in [-0.1, -0.05) is 0 Å². The molecule has 0 spiro atoms. The SMILES string of the molecule is CNC(=O)C(C)NC(=O)N[C@@H](CCO)C(=O)O. The Labute approximate surface area is 98.4 Å². The standard InChI is InChI=1S/C9H17N3O5/c1-5(7(14)10-2)11-9(17)12-6(3-4-13)8(15)16/h5-6,13H,3-4H2,1-2H3,(H,10,14)(H,15,16)(H2,11,12,17)/t5?,6-/m0/s1. The number of carbonyl (C=O) groups excluding carboxylic acids is 2. The second-order valence-electron chi connectivity index (χ2n) is 3.36. The zero-order chi connectivity index (χ0) is 13.4. The molecule has 3 amide bonds. The Morgan fingerprint density at radius 3 is 2.24 bits per heavy atom. The zero-order valence-corrected chi connectivity index (χ0v) is 9.69. The second kappa shape index (κ2) is 7.44. The van der Waals surface area contributed by atoms with Gasteiger partial charge in [-0.25, -0.2) is 9.59 Å². The van der Waals surface area contributed by atoms with Gasteiger partial charge in [0.1, 0.15) is 12.1 Å². The third-order valence-electron chi connectivity index (χ3n) is 2.01. The summed E-state index contributed by atoms with van der Waals surface area (Å²) in [5.41, 5.74) is 0. The molecule has 0 aliphatic carbocycles. The molecule has 0 rings (SSSR count). The van der Waals surface area contributed by atoms with E-state index >= 15 is 0 Å². The monoisotopic (exact) mass is 247 g/mol. The lowest BCUT2D eigenvalue weighted by atomic mass is 10.2. The van der Waals surface area contributed by atoms with Crippen LogP contribution in [-0.2, 0) is 9.59 Å². The Hall–Kier alpha value is -1.83. The minimum Gasteiger partial charge on any atom is -0.480 e. The normalized spacial score (nSPS) is 13.4. The molecule has 0 aromatic rings. The molecule has 0 aromatic carbocycles. The molecule has 0 aliphatic rings. The number of carboxylic acids is 1. The van der Waals surface area contributed by atoms with Crippen LogP contribution in [0.3, 0.4) is 0 Å². The molecular weight excluding hydrogens is 230 g/mol. The number of urea groups is 1.